The molecule has 3 rings (SSSR count). The van der Waals surface area contributed by atoms with E-state index in [1.54, 1.807) is 49.6 Å². The van der Waals surface area contributed by atoms with Crippen LogP contribution >= 0.6 is 39.1 Å². The third-order valence-electron chi connectivity index (χ3n) is 4.34. The molecule has 0 saturated carbocycles. The average Bonchev–Trinajstić information content (AvgIpc) is 2.73. The summed E-state index contributed by atoms with van der Waals surface area (Å²) >= 11 is 16.0. The number of rotatable bonds is 8. The largest absolute Gasteiger partial charge is 0.493 e. The molecule has 30 heavy (non-hydrogen) atoms. The summed E-state index contributed by atoms with van der Waals surface area (Å²) in [6, 6.07) is 15.6. The molecule has 0 heterocycles. The number of halogens is 3. The molecule has 0 aromatic heterocycles. The van der Waals surface area contributed by atoms with Gasteiger partial charge in [-0.1, -0.05) is 29.3 Å². The molecular formula is C22H18BrCl2NO4. The zero-order valence-corrected chi connectivity index (χ0v) is 19.0. The number of methoxy groups -OCH3 is 1. The summed E-state index contributed by atoms with van der Waals surface area (Å²) in [6.07, 6.45) is 0. The van der Waals surface area contributed by atoms with Crippen molar-refractivity contribution in [3.63, 3.8) is 0 Å². The first-order valence-corrected chi connectivity index (χ1v) is 10.4. The Hall–Kier alpha value is -2.41. The van der Waals surface area contributed by atoms with Crippen molar-refractivity contribution in [2.45, 2.75) is 13.2 Å². The predicted molar refractivity (Wildman–Crippen MR) is 122 cm³/mol. The highest BCUT2D eigenvalue weighted by molar-refractivity contribution is 9.10. The fraction of sp³-hybridized carbons (Fsp3) is 0.136. The third kappa shape index (κ3) is 5.39. The normalized spacial score (nSPS) is 10.5. The smallest absolute Gasteiger partial charge is 0.335 e. The van der Waals surface area contributed by atoms with Gasteiger partial charge in [-0.25, -0.2) is 4.79 Å². The van der Waals surface area contributed by atoms with E-state index >= 15 is 0 Å². The minimum Gasteiger partial charge on any atom is -0.493 e. The van der Waals surface area contributed by atoms with E-state index in [0.717, 1.165) is 15.7 Å². The standard InChI is InChI=1S/C22H18BrCl2NO4/c1-29-20-10-13(11-26-15-7-5-14(6-8-15)22(27)28)9-17(23)21(20)30-12-16-18(24)3-2-4-19(16)25/h2-10,26H,11-12H2,1H3,(H,27,28). The zero-order valence-electron chi connectivity index (χ0n) is 15.9. The first-order valence-electron chi connectivity index (χ1n) is 8.88. The summed E-state index contributed by atoms with van der Waals surface area (Å²) < 4.78 is 12.2. The second kappa shape index (κ2) is 10.1. The van der Waals surface area contributed by atoms with Crippen molar-refractivity contribution >= 4 is 50.8 Å². The maximum Gasteiger partial charge on any atom is 0.335 e. The van der Waals surface area contributed by atoms with Crippen molar-refractivity contribution in [2.75, 3.05) is 12.4 Å². The van der Waals surface area contributed by atoms with E-state index in [9.17, 15) is 4.79 Å². The lowest BCUT2D eigenvalue weighted by molar-refractivity contribution is 0.0697. The Bertz CT molecular complexity index is 1040. The van der Waals surface area contributed by atoms with Crippen molar-refractivity contribution in [1.82, 2.24) is 0 Å². The monoisotopic (exact) mass is 509 g/mol. The number of nitrogens with one attached hydrogen (secondary N) is 1. The summed E-state index contributed by atoms with van der Waals surface area (Å²) in [6.45, 7) is 0.707. The molecule has 156 valence electrons. The first-order chi connectivity index (χ1) is 14.4. The van der Waals surface area contributed by atoms with Crippen molar-refractivity contribution < 1.29 is 19.4 Å². The summed E-state index contributed by atoms with van der Waals surface area (Å²) in [4.78, 5) is 10.9. The minimum absolute atomic E-state index is 0.195. The number of carboxylic acids is 1. The highest BCUT2D eigenvalue weighted by Crippen LogP contribution is 2.38. The lowest BCUT2D eigenvalue weighted by Gasteiger charge is -2.16. The van der Waals surface area contributed by atoms with E-state index in [-0.39, 0.29) is 12.2 Å². The molecule has 5 nitrogen and oxygen atoms in total. The molecule has 0 aliphatic heterocycles. The number of carboxylic acid groups (broad SMARTS) is 1. The van der Waals surface area contributed by atoms with E-state index < -0.39 is 5.97 Å². The van der Waals surface area contributed by atoms with Gasteiger partial charge in [-0.05, 0) is 70.0 Å². The van der Waals surface area contributed by atoms with Crippen LogP contribution in [0.3, 0.4) is 0 Å². The number of anilines is 1. The van der Waals surface area contributed by atoms with Gasteiger partial charge in [0, 0.05) is 27.8 Å². The molecule has 0 unspecified atom stereocenters. The van der Waals surface area contributed by atoms with Crippen LogP contribution in [0.4, 0.5) is 5.69 Å². The molecule has 0 saturated heterocycles. The fourth-order valence-electron chi connectivity index (χ4n) is 2.76. The molecule has 3 aromatic rings. The van der Waals surface area contributed by atoms with Gasteiger partial charge in [0.05, 0.1) is 17.1 Å². The number of hydrogen-bond acceptors (Lipinski definition) is 4. The Morgan fingerprint density at radius 3 is 2.37 bits per heavy atom. The van der Waals surface area contributed by atoms with Crippen molar-refractivity contribution in [3.8, 4) is 11.5 Å². The number of aromatic carboxylic acids is 1. The van der Waals surface area contributed by atoms with Crippen LogP contribution in [-0.4, -0.2) is 18.2 Å². The van der Waals surface area contributed by atoms with Gasteiger partial charge in [0.15, 0.2) is 11.5 Å². The van der Waals surface area contributed by atoms with Crippen LogP contribution < -0.4 is 14.8 Å². The Morgan fingerprint density at radius 1 is 1.10 bits per heavy atom. The van der Waals surface area contributed by atoms with E-state index in [1.165, 1.54) is 0 Å². The SMILES string of the molecule is COc1cc(CNc2ccc(C(=O)O)cc2)cc(Br)c1OCc1c(Cl)cccc1Cl. The molecule has 2 N–H and O–H groups in total. The molecule has 0 spiro atoms. The van der Waals surface area contributed by atoms with Crippen molar-refractivity contribution in [3.05, 3.63) is 85.8 Å². The molecule has 0 radical (unpaired) electrons. The van der Waals surface area contributed by atoms with Gasteiger partial charge >= 0.3 is 5.97 Å². The van der Waals surface area contributed by atoms with Gasteiger partial charge in [-0.2, -0.15) is 0 Å². The van der Waals surface area contributed by atoms with Crippen LogP contribution in [0.5, 0.6) is 11.5 Å². The zero-order chi connectivity index (χ0) is 21.7. The number of hydrogen-bond donors (Lipinski definition) is 2. The van der Waals surface area contributed by atoms with Gasteiger partial charge < -0.3 is 19.9 Å². The maximum atomic E-state index is 10.9. The predicted octanol–water partition coefficient (Wildman–Crippen LogP) is 6.65. The number of carbonyl (C=O) groups is 1. The molecule has 0 aliphatic carbocycles. The molecule has 0 fully saturated rings. The van der Waals surface area contributed by atoms with Gasteiger partial charge in [0.25, 0.3) is 0 Å². The summed E-state index contributed by atoms with van der Waals surface area (Å²) in [5, 5.41) is 13.3. The van der Waals surface area contributed by atoms with Crippen LogP contribution in [0.1, 0.15) is 21.5 Å². The Labute approximate surface area is 192 Å². The third-order valence-corrected chi connectivity index (χ3v) is 5.64. The van der Waals surface area contributed by atoms with E-state index in [4.69, 9.17) is 37.8 Å². The summed E-state index contributed by atoms with van der Waals surface area (Å²) in [5.41, 5.74) is 2.70. The second-order valence-electron chi connectivity index (χ2n) is 6.33. The molecule has 0 aliphatic rings. The van der Waals surface area contributed by atoms with Crippen LogP contribution in [-0.2, 0) is 13.2 Å². The van der Waals surface area contributed by atoms with E-state index in [2.05, 4.69) is 21.2 Å². The lowest BCUT2D eigenvalue weighted by atomic mass is 10.1. The highest BCUT2D eigenvalue weighted by atomic mass is 79.9. The fourth-order valence-corrected chi connectivity index (χ4v) is 3.88. The highest BCUT2D eigenvalue weighted by Gasteiger charge is 2.14. The Balaban J connectivity index is 1.72. The number of ether oxygens (including phenoxy) is 2. The molecule has 0 amide bonds. The van der Waals surface area contributed by atoms with Crippen LogP contribution in [0.15, 0.2) is 59.1 Å². The van der Waals surface area contributed by atoms with Crippen molar-refractivity contribution in [1.29, 1.82) is 0 Å². The Morgan fingerprint density at radius 2 is 1.77 bits per heavy atom. The van der Waals surface area contributed by atoms with Crippen LogP contribution in [0.2, 0.25) is 10.0 Å². The van der Waals surface area contributed by atoms with E-state index in [1.807, 2.05) is 12.1 Å². The Kier molecular flexibility index (Phi) is 7.48. The lowest BCUT2D eigenvalue weighted by Crippen LogP contribution is -2.04. The van der Waals surface area contributed by atoms with Gasteiger partial charge in [0.2, 0.25) is 0 Å². The second-order valence-corrected chi connectivity index (χ2v) is 8.00. The first kappa shape index (κ1) is 22.3. The average molecular weight is 511 g/mol. The van der Waals surface area contributed by atoms with Crippen molar-refractivity contribution in [2.24, 2.45) is 0 Å². The van der Waals surface area contributed by atoms with Crippen LogP contribution in [0.25, 0.3) is 0 Å². The topological polar surface area (TPSA) is 67.8 Å². The summed E-state index contributed by atoms with van der Waals surface area (Å²) in [7, 11) is 1.57. The van der Waals surface area contributed by atoms with E-state index in [0.29, 0.717) is 33.7 Å². The van der Waals surface area contributed by atoms with Gasteiger partial charge in [-0.3, -0.25) is 0 Å². The minimum atomic E-state index is -0.955. The van der Waals surface area contributed by atoms with Gasteiger partial charge in [-0.15, -0.1) is 0 Å². The maximum absolute atomic E-state index is 10.9. The van der Waals surface area contributed by atoms with Gasteiger partial charge in [0.1, 0.15) is 6.61 Å². The molecule has 0 bridgehead atoms. The van der Waals surface area contributed by atoms with Crippen LogP contribution in [0, 0.1) is 0 Å². The quantitative estimate of drug-likeness (QED) is 0.355. The molecule has 0 atom stereocenters. The number of benzene rings is 3. The molecule has 3 aromatic carbocycles. The molecule has 8 heteroatoms. The molecular weight excluding hydrogens is 493 g/mol. The summed E-state index contributed by atoms with van der Waals surface area (Å²) in [5.74, 6) is 0.150.